The average molecular weight is 220 g/mol. The number of pyridine rings is 1. The largest absolute Gasteiger partial charge is 0.476 e. The van der Waals surface area contributed by atoms with E-state index in [0.717, 1.165) is 0 Å². The minimum absolute atomic E-state index is 0.151. The van der Waals surface area contributed by atoms with Gasteiger partial charge >= 0.3 is 12.1 Å². The van der Waals surface area contributed by atoms with Crippen molar-refractivity contribution in [3.63, 3.8) is 0 Å². The van der Waals surface area contributed by atoms with Crippen LogP contribution < -0.4 is 5.32 Å². The highest BCUT2D eigenvalue weighted by atomic mass is 19.4. The van der Waals surface area contributed by atoms with E-state index in [1.165, 1.54) is 18.3 Å². The molecule has 1 heterocycles. The zero-order valence-corrected chi connectivity index (χ0v) is 7.38. The summed E-state index contributed by atoms with van der Waals surface area (Å²) >= 11 is 0. The van der Waals surface area contributed by atoms with Crippen molar-refractivity contribution in [1.82, 2.24) is 4.98 Å². The number of hydrogen-bond acceptors (Lipinski definition) is 3. The predicted molar refractivity (Wildman–Crippen MR) is 45.7 cm³/mol. The third-order valence-corrected chi connectivity index (χ3v) is 1.49. The number of hydrogen-bond donors (Lipinski definition) is 2. The highest BCUT2D eigenvalue weighted by Crippen LogP contribution is 2.18. The van der Waals surface area contributed by atoms with Crippen LogP contribution in [-0.4, -0.2) is 28.8 Å². The van der Waals surface area contributed by atoms with Gasteiger partial charge in [0, 0.05) is 6.20 Å². The minimum Gasteiger partial charge on any atom is -0.476 e. The molecule has 0 bridgehead atoms. The Morgan fingerprint density at radius 1 is 1.53 bits per heavy atom. The Morgan fingerprint density at radius 2 is 2.20 bits per heavy atom. The molecule has 2 N–H and O–H groups in total. The summed E-state index contributed by atoms with van der Waals surface area (Å²) < 4.78 is 35.5. The van der Waals surface area contributed by atoms with E-state index in [1.807, 2.05) is 5.32 Å². The fraction of sp³-hybridized carbons (Fsp3) is 0.250. The Bertz CT molecular complexity index is 365. The quantitative estimate of drug-likeness (QED) is 0.814. The van der Waals surface area contributed by atoms with Crippen molar-refractivity contribution in [3.05, 3.63) is 24.0 Å². The third-order valence-electron chi connectivity index (χ3n) is 1.49. The molecule has 0 unspecified atom stereocenters. The number of alkyl halides is 3. The van der Waals surface area contributed by atoms with Gasteiger partial charge in [0.25, 0.3) is 0 Å². The fourth-order valence-corrected chi connectivity index (χ4v) is 0.914. The number of aromatic carboxylic acids is 1. The second kappa shape index (κ2) is 4.16. The van der Waals surface area contributed by atoms with Crippen LogP contribution in [0.5, 0.6) is 0 Å². The molecule has 0 spiro atoms. The maximum atomic E-state index is 11.8. The smallest absolute Gasteiger partial charge is 0.405 e. The summed E-state index contributed by atoms with van der Waals surface area (Å²) in [5.74, 6) is -1.37. The summed E-state index contributed by atoms with van der Waals surface area (Å²) in [5, 5.41) is 10.6. The van der Waals surface area contributed by atoms with Crippen LogP contribution >= 0.6 is 0 Å². The number of carboxylic acids is 1. The van der Waals surface area contributed by atoms with Gasteiger partial charge in [-0.1, -0.05) is 0 Å². The van der Waals surface area contributed by atoms with Crippen molar-refractivity contribution >= 4 is 11.7 Å². The molecule has 0 fully saturated rings. The van der Waals surface area contributed by atoms with Crippen molar-refractivity contribution < 1.29 is 23.1 Å². The predicted octanol–water partition coefficient (Wildman–Crippen LogP) is 1.75. The molecule has 0 radical (unpaired) electrons. The van der Waals surface area contributed by atoms with Crippen molar-refractivity contribution in [2.45, 2.75) is 6.18 Å². The molecule has 7 heteroatoms. The first-order chi connectivity index (χ1) is 6.90. The highest BCUT2D eigenvalue weighted by molar-refractivity contribution is 5.91. The molecule has 4 nitrogen and oxygen atoms in total. The monoisotopic (exact) mass is 220 g/mol. The normalized spacial score (nSPS) is 11.1. The van der Waals surface area contributed by atoms with E-state index >= 15 is 0 Å². The summed E-state index contributed by atoms with van der Waals surface area (Å²) in [4.78, 5) is 14.0. The Balaban J connectivity index is 2.81. The van der Waals surface area contributed by atoms with Gasteiger partial charge in [-0.15, -0.1) is 0 Å². The maximum Gasteiger partial charge on any atom is 0.405 e. The molecular formula is C8H7F3N2O2. The van der Waals surface area contributed by atoms with E-state index < -0.39 is 24.4 Å². The van der Waals surface area contributed by atoms with Gasteiger partial charge in [0.15, 0.2) is 5.69 Å². The Hall–Kier alpha value is -1.79. The number of aromatic nitrogens is 1. The number of anilines is 1. The molecular weight excluding hydrogens is 213 g/mol. The molecule has 1 rings (SSSR count). The van der Waals surface area contributed by atoms with Crippen LogP contribution in [0.1, 0.15) is 10.5 Å². The Kier molecular flexibility index (Phi) is 3.13. The van der Waals surface area contributed by atoms with Gasteiger partial charge in [-0.05, 0) is 12.1 Å². The SMILES string of the molecule is O=C(O)c1ncccc1NCC(F)(F)F. The summed E-state index contributed by atoms with van der Waals surface area (Å²) in [6.45, 7) is -1.29. The molecule has 1 aromatic rings. The summed E-state index contributed by atoms with van der Waals surface area (Å²) in [5.41, 5.74) is -0.580. The number of halogens is 3. The lowest BCUT2D eigenvalue weighted by atomic mass is 10.3. The standard InChI is InChI=1S/C8H7F3N2O2/c9-8(10,11)4-13-5-2-1-3-12-6(5)7(14)15/h1-3,13H,4H2,(H,14,15). The van der Waals surface area contributed by atoms with Gasteiger partial charge in [-0.3, -0.25) is 0 Å². The van der Waals surface area contributed by atoms with Crippen molar-refractivity contribution in [2.24, 2.45) is 0 Å². The lowest BCUT2D eigenvalue weighted by Crippen LogP contribution is -2.22. The van der Waals surface area contributed by atoms with Crippen LogP contribution in [0.4, 0.5) is 18.9 Å². The molecule has 0 saturated heterocycles. The van der Waals surface area contributed by atoms with Gasteiger partial charge in [-0.2, -0.15) is 13.2 Å². The van der Waals surface area contributed by atoms with Gasteiger partial charge in [0.05, 0.1) is 5.69 Å². The van der Waals surface area contributed by atoms with Gasteiger partial charge in [0.2, 0.25) is 0 Å². The Labute approximate surface area is 82.7 Å². The number of rotatable bonds is 3. The summed E-state index contributed by atoms with van der Waals surface area (Å²) in [7, 11) is 0. The topological polar surface area (TPSA) is 62.2 Å². The molecule has 0 amide bonds. The molecule has 0 aromatic carbocycles. The third kappa shape index (κ3) is 3.45. The first kappa shape index (κ1) is 11.3. The van der Waals surface area contributed by atoms with Crippen molar-refractivity contribution in [1.29, 1.82) is 0 Å². The molecule has 0 aliphatic carbocycles. The molecule has 15 heavy (non-hydrogen) atoms. The summed E-state index contributed by atoms with van der Waals surface area (Å²) in [6.07, 6.45) is -3.20. The molecule has 82 valence electrons. The lowest BCUT2D eigenvalue weighted by Gasteiger charge is -2.10. The molecule has 1 aromatic heterocycles. The molecule has 0 atom stereocenters. The van der Waals surface area contributed by atoms with E-state index in [4.69, 9.17) is 5.11 Å². The number of carboxylic acid groups (broad SMARTS) is 1. The van der Waals surface area contributed by atoms with Crippen LogP contribution in [0, 0.1) is 0 Å². The van der Waals surface area contributed by atoms with Gasteiger partial charge in [0.1, 0.15) is 6.54 Å². The van der Waals surface area contributed by atoms with E-state index in [1.54, 1.807) is 0 Å². The maximum absolute atomic E-state index is 11.8. The van der Waals surface area contributed by atoms with Gasteiger partial charge in [-0.25, -0.2) is 9.78 Å². The van der Waals surface area contributed by atoms with Crippen molar-refractivity contribution in [3.8, 4) is 0 Å². The average Bonchev–Trinajstić information content (AvgIpc) is 2.14. The zero-order chi connectivity index (χ0) is 11.5. The van der Waals surface area contributed by atoms with Crippen LogP contribution in [0.25, 0.3) is 0 Å². The number of nitrogens with one attached hydrogen (secondary N) is 1. The van der Waals surface area contributed by atoms with E-state index in [0.29, 0.717) is 0 Å². The second-order valence-electron chi connectivity index (χ2n) is 2.67. The van der Waals surface area contributed by atoms with Crippen LogP contribution in [0.15, 0.2) is 18.3 Å². The van der Waals surface area contributed by atoms with Crippen molar-refractivity contribution in [2.75, 3.05) is 11.9 Å². The van der Waals surface area contributed by atoms with E-state index in [-0.39, 0.29) is 5.69 Å². The van der Waals surface area contributed by atoms with Crippen LogP contribution in [-0.2, 0) is 0 Å². The van der Waals surface area contributed by atoms with E-state index in [2.05, 4.69) is 4.98 Å². The number of carbonyl (C=O) groups is 1. The molecule has 0 aliphatic heterocycles. The zero-order valence-electron chi connectivity index (χ0n) is 7.38. The fourth-order valence-electron chi connectivity index (χ4n) is 0.914. The lowest BCUT2D eigenvalue weighted by molar-refractivity contribution is -0.115. The van der Waals surface area contributed by atoms with Gasteiger partial charge < -0.3 is 10.4 Å². The van der Waals surface area contributed by atoms with Crippen LogP contribution in [0.2, 0.25) is 0 Å². The minimum atomic E-state index is -4.40. The second-order valence-corrected chi connectivity index (χ2v) is 2.67. The van der Waals surface area contributed by atoms with Crippen LogP contribution in [0.3, 0.4) is 0 Å². The summed E-state index contributed by atoms with van der Waals surface area (Å²) in [6, 6.07) is 2.58. The first-order valence-electron chi connectivity index (χ1n) is 3.89. The Morgan fingerprint density at radius 3 is 2.73 bits per heavy atom. The first-order valence-corrected chi connectivity index (χ1v) is 3.89. The number of nitrogens with zero attached hydrogens (tertiary/aromatic N) is 1. The molecule has 0 saturated carbocycles. The highest BCUT2D eigenvalue weighted by Gasteiger charge is 2.27. The molecule has 0 aliphatic rings. The van der Waals surface area contributed by atoms with E-state index in [9.17, 15) is 18.0 Å².